The van der Waals surface area contributed by atoms with Crippen molar-refractivity contribution in [2.45, 2.75) is 6.04 Å². The van der Waals surface area contributed by atoms with Crippen molar-refractivity contribution in [1.29, 1.82) is 0 Å². The molecule has 1 aliphatic rings. The summed E-state index contributed by atoms with van der Waals surface area (Å²) in [4.78, 5) is 17.0. The molecular weight excluding hydrogens is 448 g/mol. The largest absolute Gasteiger partial charge is 0.465 e. The minimum absolute atomic E-state index is 0.353. The first-order valence-electron chi connectivity index (χ1n) is 10.6. The minimum atomic E-state index is -0.383. The van der Waals surface area contributed by atoms with Gasteiger partial charge in [0, 0.05) is 5.57 Å². The van der Waals surface area contributed by atoms with Crippen molar-refractivity contribution < 1.29 is 9.53 Å². The van der Waals surface area contributed by atoms with Gasteiger partial charge >= 0.3 is 5.97 Å². The number of fused-ring (bicyclic) bond motifs is 2. The summed E-state index contributed by atoms with van der Waals surface area (Å²) in [5.41, 5.74) is 5.19. The van der Waals surface area contributed by atoms with Gasteiger partial charge in [0.15, 0.2) is 0 Å². The lowest BCUT2D eigenvalue weighted by molar-refractivity contribution is 0.0600. The van der Waals surface area contributed by atoms with E-state index >= 15 is 0 Å². The number of nitrogens with zero attached hydrogens (tertiary/aromatic N) is 5. The Morgan fingerprint density at radius 3 is 2.53 bits per heavy atom. The van der Waals surface area contributed by atoms with Gasteiger partial charge in [0.05, 0.1) is 28.6 Å². The number of carbonyl (C=O) groups excluding carboxylic acids is 1. The second-order valence-corrected chi connectivity index (χ2v) is 8.76. The number of hydrogen-bond donors (Lipinski definition) is 1. The van der Waals surface area contributed by atoms with Crippen molar-refractivity contribution in [2.24, 2.45) is 0 Å². The highest BCUT2D eigenvalue weighted by Crippen LogP contribution is 2.45. The third-order valence-corrected chi connectivity index (χ3v) is 6.82. The highest BCUT2D eigenvalue weighted by atomic mass is 32.1. The quantitative estimate of drug-likeness (QED) is 0.385. The van der Waals surface area contributed by atoms with Gasteiger partial charge in [0.25, 0.3) is 0 Å². The van der Waals surface area contributed by atoms with Crippen LogP contribution in [0.2, 0.25) is 0 Å². The maximum absolute atomic E-state index is 12.0. The van der Waals surface area contributed by atoms with Crippen molar-refractivity contribution in [3.8, 4) is 0 Å². The third kappa shape index (κ3) is 3.34. The minimum Gasteiger partial charge on any atom is -0.465 e. The lowest BCUT2D eigenvalue weighted by Gasteiger charge is -2.29. The summed E-state index contributed by atoms with van der Waals surface area (Å²) in [5.74, 6) is 0.151. The first kappa shape index (κ1) is 20.3. The molecule has 0 aliphatic carbocycles. The van der Waals surface area contributed by atoms with Gasteiger partial charge < -0.3 is 10.1 Å². The number of thiazole rings is 1. The number of nitrogens with one attached hydrogen (secondary N) is 1. The van der Waals surface area contributed by atoms with E-state index in [0.29, 0.717) is 11.5 Å². The SMILES string of the molecule is COC(=O)c1ccc(C2C(c3nc4ccccc4s3)=C(c3ccccc3)Nc3nnnn32)cc1. The predicted molar refractivity (Wildman–Crippen MR) is 130 cm³/mol. The zero-order chi connectivity index (χ0) is 23.1. The molecular formula is C25H18N6O2S. The summed E-state index contributed by atoms with van der Waals surface area (Å²) >= 11 is 1.62. The number of tetrazole rings is 1. The van der Waals surface area contributed by atoms with Crippen molar-refractivity contribution in [3.63, 3.8) is 0 Å². The molecule has 2 aromatic heterocycles. The number of hydrogen-bond acceptors (Lipinski definition) is 8. The molecule has 0 amide bonds. The van der Waals surface area contributed by atoms with Gasteiger partial charge in [0.2, 0.25) is 5.95 Å². The molecule has 9 heteroatoms. The summed E-state index contributed by atoms with van der Waals surface area (Å²) < 4.78 is 7.71. The Labute approximate surface area is 198 Å². The number of methoxy groups -OCH3 is 1. The highest BCUT2D eigenvalue weighted by molar-refractivity contribution is 7.19. The van der Waals surface area contributed by atoms with E-state index in [4.69, 9.17) is 9.72 Å². The third-order valence-electron chi connectivity index (χ3n) is 5.75. The Hall–Kier alpha value is -4.37. The summed E-state index contributed by atoms with van der Waals surface area (Å²) in [5, 5.41) is 16.7. The molecule has 1 unspecified atom stereocenters. The number of carbonyl (C=O) groups is 1. The summed E-state index contributed by atoms with van der Waals surface area (Å²) in [6.45, 7) is 0. The van der Waals surface area contributed by atoms with Crippen LogP contribution in [-0.4, -0.2) is 38.3 Å². The molecule has 166 valence electrons. The second kappa shape index (κ2) is 8.20. The number of aromatic nitrogens is 5. The van der Waals surface area contributed by atoms with Crippen LogP contribution in [0.3, 0.4) is 0 Å². The standard InChI is InChI=1S/C25H18N6O2S/c1-33-24(32)17-13-11-16(12-14-17)22-20(23-26-18-9-5-6-10-19(18)34-23)21(15-7-3-2-4-8-15)27-25-28-29-30-31(22)25/h2-14,22H,1H3,(H,27,28,30). The molecule has 0 bridgehead atoms. The van der Waals surface area contributed by atoms with E-state index < -0.39 is 0 Å². The first-order chi connectivity index (χ1) is 16.7. The van der Waals surface area contributed by atoms with E-state index in [0.717, 1.165) is 37.6 Å². The number of anilines is 1. The molecule has 5 aromatic rings. The van der Waals surface area contributed by atoms with Crippen molar-refractivity contribution in [1.82, 2.24) is 25.2 Å². The van der Waals surface area contributed by atoms with Crippen LogP contribution in [0.1, 0.15) is 32.5 Å². The van der Waals surface area contributed by atoms with Crippen LogP contribution in [0.25, 0.3) is 21.5 Å². The highest BCUT2D eigenvalue weighted by Gasteiger charge is 2.34. The van der Waals surface area contributed by atoms with Gasteiger partial charge in [-0.2, -0.15) is 4.68 Å². The molecule has 6 rings (SSSR count). The van der Waals surface area contributed by atoms with Gasteiger partial charge in [-0.1, -0.05) is 59.7 Å². The van der Waals surface area contributed by atoms with E-state index in [2.05, 4.69) is 26.9 Å². The van der Waals surface area contributed by atoms with Crippen LogP contribution in [0, 0.1) is 0 Å². The molecule has 34 heavy (non-hydrogen) atoms. The van der Waals surface area contributed by atoms with E-state index in [9.17, 15) is 4.79 Å². The Morgan fingerprint density at radius 2 is 1.76 bits per heavy atom. The average Bonchev–Trinajstić information content (AvgIpc) is 3.54. The maximum atomic E-state index is 12.0. The molecule has 1 aliphatic heterocycles. The second-order valence-electron chi connectivity index (χ2n) is 7.73. The number of esters is 1. The molecule has 8 nitrogen and oxygen atoms in total. The van der Waals surface area contributed by atoms with E-state index in [1.54, 1.807) is 28.2 Å². The van der Waals surface area contributed by atoms with Crippen molar-refractivity contribution >= 4 is 44.7 Å². The maximum Gasteiger partial charge on any atom is 0.337 e. The first-order valence-corrected chi connectivity index (χ1v) is 11.4. The molecule has 1 N–H and O–H groups in total. The monoisotopic (exact) mass is 466 g/mol. The Kier molecular flexibility index (Phi) is 4.88. The van der Waals surface area contributed by atoms with Crippen LogP contribution in [0.4, 0.5) is 5.95 Å². The Balaban J connectivity index is 1.60. The van der Waals surface area contributed by atoms with Crippen molar-refractivity contribution in [3.05, 3.63) is 101 Å². The molecule has 0 radical (unpaired) electrons. The number of allylic oxidation sites excluding steroid dienone is 1. The fourth-order valence-electron chi connectivity index (χ4n) is 4.16. The summed E-state index contributed by atoms with van der Waals surface area (Å²) in [6.07, 6.45) is 0. The van der Waals surface area contributed by atoms with Gasteiger partial charge in [0.1, 0.15) is 11.0 Å². The molecule has 3 aromatic carbocycles. The van der Waals surface area contributed by atoms with E-state index in [-0.39, 0.29) is 12.0 Å². The molecule has 0 saturated carbocycles. The number of benzene rings is 3. The topological polar surface area (TPSA) is 94.8 Å². The molecule has 3 heterocycles. The normalized spacial score (nSPS) is 15.1. The van der Waals surface area contributed by atoms with Crippen molar-refractivity contribution in [2.75, 3.05) is 12.4 Å². The molecule has 0 spiro atoms. The average molecular weight is 467 g/mol. The summed E-state index contributed by atoms with van der Waals surface area (Å²) in [7, 11) is 1.37. The zero-order valence-corrected chi connectivity index (χ0v) is 18.9. The van der Waals surface area contributed by atoms with Crippen LogP contribution in [0.5, 0.6) is 0 Å². The number of rotatable bonds is 4. The van der Waals surface area contributed by atoms with Gasteiger partial charge in [-0.25, -0.2) is 9.78 Å². The zero-order valence-electron chi connectivity index (χ0n) is 18.0. The van der Waals surface area contributed by atoms with Crippen LogP contribution < -0.4 is 5.32 Å². The Bertz CT molecular complexity index is 1510. The number of para-hydroxylation sites is 1. The molecule has 0 fully saturated rings. The predicted octanol–water partition coefficient (Wildman–Crippen LogP) is 4.65. The van der Waals surface area contributed by atoms with E-state index in [1.807, 2.05) is 60.7 Å². The van der Waals surface area contributed by atoms with Gasteiger partial charge in [-0.3, -0.25) is 0 Å². The van der Waals surface area contributed by atoms with Crippen LogP contribution in [0.15, 0.2) is 78.9 Å². The fourth-order valence-corrected chi connectivity index (χ4v) is 5.20. The fraction of sp³-hybridized carbons (Fsp3) is 0.0800. The Morgan fingerprint density at radius 1 is 1.00 bits per heavy atom. The van der Waals surface area contributed by atoms with Gasteiger partial charge in [-0.15, -0.1) is 11.3 Å². The lowest BCUT2D eigenvalue weighted by Crippen LogP contribution is -2.24. The van der Waals surface area contributed by atoms with Crippen LogP contribution >= 0.6 is 11.3 Å². The summed E-state index contributed by atoms with van der Waals surface area (Å²) in [6, 6.07) is 25.1. The lowest BCUT2D eigenvalue weighted by atomic mass is 9.92. The van der Waals surface area contributed by atoms with Gasteiger partial charge in [-0.05, 0) is 45.8 Å². The van der Waals surface area contributed by atoms with Crippen LogP contribution in [-0.2, 0) is 4.74 Å². The smallest absolute Gasteiger partial charge is 0.337 e. The van der Waals surface area contributed by atoms with E-state index in [1.165, 1.54) is 7.11 Å². The molecule has 1 atom stereocenters. The number of ether oxygens (including phenoxy) is 1. The molecule has 0 saturated heterocycles.